The molecule has 0 saturated carbocycles. The molecule has 3 aromatic rings. The van der Waals surface area contributed by atoms with Gasteiger partial charge in [0.05, 0.1) is 0 Å². The highest BCUT2D eigenvalue weighted by Gasteiger charge is 2.40. The number of halogens is 1. The van der Waals surface area contributed by atoms with Crippen molar-refractivity contribution in [2.45, 2.75) is 50.1 Å². The highest BCUT2D eigenvalue weighted by atomic mass is 32.2. The molecule has 0 aromatic heterocycles. The number of nitrogens with one attached hydrogen (secondary N) is 1. The van der Waals surface area contributed by atoms with E-state index >= 15 is 0 Å². The predicted octanol–water partition coefficient (Wildman–Crippen LogP) is 4.88. The van der Waals surface area contributed by atoms with E-state index in [2.05, 4.69) is 26.1 Å². The Morgan fingerprint density at radius 1 is 0.939 bits per heavy atom. The zero-order valence-corrected chi connectivity index (χ0v) is 19.7. The molecule has 172 valence electrons. The standard InChI is InChI=1S/C26H27FN2O3S/c1-26(2,3)20-12-14-21(15-13-20)28-25(30)23-16-18-8-4-5-9-19(18)17-29(23)33(31,32)24-11-7-6-10-22(24)27/h4-15,23H,16-17H2,1-3H3,(H,28,30). The number of sulfonamides is 1. The Bertz CT molecular complexity index is 1280. The first-order valence-electron chi connectivity index (χ1n) is 10.8. The summed E-state index contributed by atoms with van der Waals surface area (Å²) < 4.78 is 42.4. The molecule has 1 aliphatic rings. The van der Waals surface area contributed by atoms with Crippen LogP contribution in [0.2, 0.25) is 0 Å². The van der Waals surface area contributed by atoms with Crippen LogP contribution < -0.4 is 5.32 Å². The van der Waals surface area contributed by atoms with Gasteiger partial charge < -0.3 is 5.32 Å². The largest absolute Gasteiger partial charge is 0.325 e. The molecule has 33 heavy (non-hydrogen) atoms. The molecular formula is C26H27FN2O3S. The van der Waals surface area contributed by atoms with Crippen LogP contribution in [0.25, 0.3) is 0 Å². The fourth-order valence-corrected chi connectivity index (χ4v) is 5.67. The summed E-state index contributed by atoms with van der Waals surface area (Å²) in [4.78, 5) is 12.9. The molecule has 3 aromatic carbocycles. The van der Waals surface area contributed by atoms with Gasteiger partial charge in [-0.25, -0.2) is 12.8 Å². The number of benzene rings is 3. The van der Waals surface area contributed by atoms with Gasteiger partial charge in [-0.15, -0.1) is 0 Å². The van der Waals surface area contributed by atoms with Gasteiger partial charge >= 0.3 is 0 Å². The van der Waals surface area contributed by atoms with Crippen LogP contribution in [0.15, 0.2) is 77.7 Å². The average Bonchev–Trinajstić information content (AvgIpc) is 2.78. The fraction of sp³-hybridized carbons (Fsp3) is 0.269. The van der Waals surface area contributed by atoms with Crippen LogP contribution in [0.5, 0.6) is 0 Å². The van der Waals surface area contributed by atoms with E-state index in [1.807, 2.05) is 48.5 Å². The van der Waals surface area contributed by atoms with Crippen molar-refractivity contribution in [2.75, 3.05) is 5.32 Å². The number of amides is 1. The third-order valence-electron chi connectivity index (χ3n) is 5.95. The Hall–Kier alpha value is -3.03. The lowest BCUT2D eigenvalue weighted by molar-refractivity contribution is -0.120. The quantitative estimate of drug-likeness (QED) is 0.596. The molecule has 0 aliphatic carbocycles. The van der Waals surface area contributed by atoms with Crippen molar-refractivity contribution >= 4 is 21.6 Å². The van der Waals surface area contributed by atoms with Gasteiger partial charge in [0.15, 0.2) is 0 Å². The lowest BCUT2D eigenvalue weighted by Gasteiger charge is -2.35. The molecule has 0 radical (unpaired) electrons. The minimum Gasteiger partial charge on any atom is -0.325 e. The zero-order chi connectivity index (χ0) is 23.8. The summed E-state index contributed by atoms with van der Waals surface area (Å²) in [6.07, 6.45) is 0.204. The minimum absolute atomic E-state index is 0.00606. The molecule has 7 heteroatoms. The van der Waals surface area contributed by atoms with Crippen molar-refractivity contribution in [3.05, 3.63) is 95.3 Å². The van der Waals surface area contributed by atoms with Gasteiger partial charge in [-0.2, -0.15) is 4.31 Å². The van der Waals surface area contributed by atoms with Crippen LogP contribution in [0, 0.1) is 5.82 Å². The molecular weight excluding hydrogens is 439 g/mol. The normalized spacial score (nSPS) is 16.8. The Morgan fingerprint density at radius 3 is 2.18 bits per heavy atom. The molecule has 4 rings (SSSR count). The van der Waals surface area contributed by atoms with E-state index in [1.54, 1.807) is 0 Å². The molecule has 1 aliphatic heterocycles. The topological polar surface area (TPSA) is 66.5 Å². The molecule has 0 bridgehead atoms. The highest BCUT2D eigenvalue weighted by molar-refractivity contribution is 7.89. The number of hydrogen-bond acceptors (Lipinski definition) is 3. The first-order valence-corrected chi connectivity index (χ1v) is 12.3. The second-order valence-electron chi connectivity index (χ2n) is 9.29. The van der Waals surface area contributed by atoms with Crippen molar-refractivity contribution in [2.24, 2.45) is 0 Å². The monoisotopic (exact) mass is 466 g/mol. The van der Waals surface area contributed by atoms with Gasteiger partial charge in [-0.1, -0.05) is 69.3 Å². The average molecular weight is 467 g/mol. The molecule has 1 atom stereocenters. The number of rotatable bonds is 4. The van der Waals surface area contributed by atoms with Crippen LogP contribution in [0.3, 0.4) is 0 Å². The number of fused-ring (bicyclic) bond motifs is 1. The molecule has 0 saturated heterocycles. The highest BCUT2D eigenvalue weighted by Crippen LogP contribution is 2.31. The maximum absolute atomic E-state index is 14.4. The van der Waals surface area contributed by atoms with E-state index in [0.29, 0.717) is 5.69 Å². The van der Waals surface area contributed by atoms with Gasteiger partial charge in [-0.05, 0) is 52.8 Å². The Morgan fingerprint density at radius 2 is 1.55 bits per heavy atom. The van der Waals surface area contributed by atoms with E-state index in [4.69, 9.17) is 0 Å². The second kappa shape index (κ2) is 8.72. The summed E-state index contributed by atoms with van der Waals surface area (Å²) in [5.74, 6) is -1.29. The number of carbonyl (C=O) groups excluding carboxylic acids is 1. The van der Waals surface area contributed by atoms with E-state index in [-0.39, 0.29) is 18.4 Å². The third kappa shape index (κ3) is 4.70. The summed E-state index contributed by atoms with van der Waals surface area (Å²) in [7, 11) is -4.25. The molecule has 1 unspecified atom stereocenters. The molecule has 1 N–H and O–H groups in total. The van der Waals surface area contributed by atoms with Crippen molar-refractivity contribution in [1.29, 1.82) is 0 Å². The van der Waals surface area contributed by atoms with Gasteiger partial charge in [0.25, 0.3) is 0 Å². The summed E-state index contributed by atoms with van der Waals surface area (Å²) in [5, 5.41) is 2.85. The smallest absolute Gasteiger partial charge is 0.247 e. The number of nitrogens with zero attached hydrogens (tertiary/aromatic N) is 1. The summed E-state index contributed by atoms with van der Waals surface area (Å²) >= 11 is 0. The van der Waals surface area contributed by atoms with Crippen LogP contribution in [0.4, 0.5) is 10.1 Å². The van der Waals surface area contributed by atoms with Crippen LogP contribution in [-0.2, 0) is 33.2 Å². The van der Waals surface area contributed by atoms with Crippen LogP contribution in [0.1, 0.15) is 37.5 Å². The van der Waals surface area contributed by atoms with Gasteiger partial charge in [0, 0.05) is 12.2 Å². The van der Waals surface area contributed by atoms with Crippen molar-refractivity contribution in [1.82, 2.24) is 4.31 Å². The molecule has 1 amide bonds. The first-order chi connectivity index (χ1) is 15.6. The maximum Gasteiger partial charge on any atom is 0.247 e. The lowest BCUT2D eigenvalue weighted by Crippen LogP contribution is -2.50. The Kier molecular flexibility index (Phi) is 6.12. The van der Waals surface area contributed by atoms with Crippen molar-refractivity contribution in [3.8, 4) is 0 Å². The van der Waals surface area contributed by atoms with E-state index in [1.165, 1.54) is 18.2 Å². The van der Waals surface area contributed by atoms with Crippen LogP contribution in [-0.4, -0.2) is 24.7 Å². The van der Waals surface area contributed by atoms with E-state index in [0.717, 1.165) is 27.1 Å². The van der Waals surface area contributed by atoms with Gasteiger partial charge in [-0.3, -0.25) is 4.79 Å². The molecule has 0 spiro atoms. The zero-order valence-electron chi connectivity index (χ0n) is 18.9. The number of anilines is 1. The van der Waals surface area contributed by atoms with E-state index < -0.39 is 32.7 Å². The predicted molar refractivity (Wildman–Crippen MR) is 127 cm³/mol. The summed E-state index contributed by atoms with van der Waals surface area (Å²) in [6, 6.07) is 19.2. The van der Waals surface area contributed by atoms with Crippen molar-refractivity contribution < 1.29 is 17.6 Å². The van der Waals surface area contributed by atoms with Gasteiger partial charge in [0.2, 0.25) is 15.9 Å². The maximum atomic E-state index is 14.4. The summed E-state index contributed by atoms with van der Waals surface area (Å²) in [6.45, 7) is 6.30. The molecule has 1 heterocycles. The van der Waals surface area contributed by atoms with Crippen molar-refractivity contribution in [3.63, 3.8) is 0 Å². The Labute approximate surface area is 194 Å². The SMILES string of the molecule is CC(C)(C)c1ccc(NC(=O)C2Cc3ccccc3CN2S(=O)(=O)c2ccccc2F)cc1. The second-order valence-corrected chi connectivity index (χ2v) is 11.1. The van der Waals surface area contributed by atoms with Crippen LogP contribution >= 0.6 is 0 Å². The third-order valence-corrected chi connectivity index (χ3v) is 7.84. The van der Waals surface area contributed by atoms with Gasteiger partial charge in [0.1, 0.15) is 16.8 Å². The number of carbonyl (C=O) groups is 1. The minimum atomic E-state index is -4.25. The fourth-order valence-electron chi connectivity index (χ4n) is 4.03. The first kappa shape index (κ1) is 23.1. The molecule has 0 fully saturated rings. The molecule has 5 nitrogen and oxygen atoms in total. The Balaban J connectivity index is 1.68. The number of hydrogen-bond donors (Lipinski definition) is 1. The lowest BCUT2D eigenvalue weighted by atomic mass is 9.87. The summed E-state index contributed by atoms with van der Waals surface area (Å²) in [5.41, 5.74) is 3.38. The van der Waals surface area contributed by atoms with E-state index in [9.17, 15) is 17.6 Å².